The predicted octanol–water partition coefficient (Wildman–Crippen LogP) is 4.27. The molecule has 1 aliphatic rings. The first-order valence-electron chi connectivity index (χ1n) is 7.89. The molecular formula is C18H21N3. The molecule has 1 aromatic carbocycles. The van der Waals surface area contributed by atoms with Gasteiger partial charge in [-0.15, -0.1) is 0 Å². The van der Waals surface area contributed by atoms with E-state index in [0.717, 1.165) is 29.6 Å². The zero-order chi connectivity index (χ0) is 14.7. The highest BCUT2D eigenvalue weighted by atomic mass is 15.2. The lowest BCUT2D eigenvalue weighted by Crippen LogP contribution is -2.35. The summed E-state index contributed by atoms with van der Waals surface area (Å²) in [6, 6.07) is 11.0. The highest BCUT2D eigenvalue weighted by Gasteiger charge is 2.24. The topological polar surface area (TPSA) is 39.9 Å². The average molecular weight is 279 g/mol. The second-order valence-corrected chi connectivity index (χ2v) is 5.75. The van der Waals surface area contributed by atoms with Crippen LogP contribution in [0.5, 0.6) is 0 Å². The van der Waals surface area contributed by atoms with Gasteiger partial charge in [-0.2, -0.15) is 5.26 Å². The fraction of sp³-hybridized carbons (Fsp3) is 0.444. The Kier molecular flexibility index (Phi) is 4.06. The van der Waals surface area contributed by atoms with Crippen LogP contribution >= 0.6 is 0 Å². The summed E-state index contributed by atoms with van der Waals surface area (Å²) in [6.45, 7) is 3.29. The van der Waals surface area contributed by atoms with E-state index in [1.54, 1.807) is 6.20 Å². The summed E-state index contributed by atoms with van der Waals surface area (Å²) in [6.07, 6.45) is 7.87. The highest BCUT2D eigenvalue weighted by Crippen LogP contribution is 2.34. The monoisotopic (exact) mass is 279 g/mol. The van der Waals surface area contributed by atoms with Gasteiger partial charge in [0.05, 0.1) is 16.8 Å². The molecule has 0 bridgehead atoms. The van der Waals surface area contributed by atoms with Crippen molar-refractivity contribution in [2.45, 2.75) is 45.1 Å². The number of aromatic nitrogens is 1. The van der Waals surface area contributed by atoms with Gasteiger partial charge in [0.2, 0.25) is 0 Å². The molecule has 0 radical (unpaired) electrons. The van der Waals surface area contributed by atoms with Crippen LogP contribution in [0.2, 0.25) is 0 Å². The normalized spacial score (nSPS) is 19.2. The van der Waals surface area contributed by atoms with E-state index in [1.807, 2.05) is 18.2 Å². The molecule has 0 aliphatic carbocycles. The minimum absolute atomic E-state index is 0.533. The van der Waals surface area contributed by atoms with Crippen LogP contribution in [0.25, 0.3) is 10.9 Å². The molecule has 108 valence electrons. The Bertz CT molecular complexity index is 672. The summed E-state index contributed by atoms with van der Waals surface area (Å²) < 4.78 is 0. The second kappa shape index (κ2) is 6.13. The predicted molar refractivity (Wildman–Crippen MR) is 86.4 cm³/mol. The Morgan fingerprint density at radius 1 is 1.29 bits per heavy atom. The number of para-hydroxylation sites is 1. The molecule has 3 rings (SSSR count). The third-order valence-electron chi connectivity index (χ3n) is 4.50. The number of anilines is 1. The number of hydrogen-bond donors (Lipinski definition) is 0. The molecule has 0 amide bonds. The number of rotatable bonds is 2. The van der Waals surface area contributed by atoms with E-state index in [2.05, 4.69) is 28.9 Å². The largest absolute Gasteiger partial charge is 0.367 e. The molecule has 3 nitrogen and oxygen atoms in total. The molecule has 0 saturated carbocycles. The van der Waals surface area contributed by atoms with Crippen molar-refractivity contribution in [2.24, 2.45) is 0 Å². The summed E-state index contributed by atoms with van der Waals surface area (Å²) in [5.74, 6) is 0. The summed E-state index contributed by atoms with van der Waals surface area (Å²) in [4.78, 5) is 6.90. The van der Waals surface area contributed by atoms with Crippen LogP contribution in [-0.2, 0) is 0 Å². The van der Waals surface area contributed by atoms with Crippen molar-refractivity contribution in [3.05, 3.63) is 36.0 Å². The molecule has 1 aromatic heterocycles. The lowest BCUT2D eigenvalue weighted by molar-refractivity contribution is 0.557. The summed E-state index contributed by atoms with van der Waals surface area (Å²) in [5, 5.41) is 10.6. The van der Waals surface area contributed by atoms with Crippen molar-refractivity contribution >= 4 is 16.6 Å². The van der Waals surface area contributed by atoms with Gasteiger partial charge in [-0.1, -0.05) is 38.0 Å². The van der Waals surface area contributed by atoms with E-state index < -0.39 is 0 Å². The number of nitriles is 1. The molecule has 1 fully saturated rings. The molecule has 1 atom stereocenters. The van der Waals surface area contributed by atoms with Gasteiger partial charge in [0.25, 0.3) is 0 Å². The van der Waals surface area contributed by atoms with Crippen molar-refractivity contribution in [1.82, 2.24) is 4.98 Å². The van der Waals surface area contributed by atoms with Gasteiger partial charge < -0.3 is 4.90 Å². The minimum Gasteiger partial charge on any atom is -0.367 e. The second-order valence-electron chi connectivity index (χ2n) is 5.75. The van der Waals surface area contributed by atoms with Crippen LogP contribution in [0.3, 0.4) is 0 Å². The smallest absolute Gasteiger partial charge is 0.103 e. The molecule has 2 heterocycles. The van der Waals surface area contributed by atoms with Gasteiger partial charge in [-0.05, 0) is 25.3 Å². The molecule has 1 unspecified atom stereocenters. The maximum Gasteiger partial charge on any atom is 0.103 e. The number of nitrogens with zero attached hydrogens (tertiary/aromatic N) is 3. The van der Waals surface area contributed by atoms with Gasteiger partial charge in [0, 0.05) is 24.2 Å². The summed E-state index contributed by atoms with van der Waals surface area (Å²) >= 11 is 0. The SMILES string of the molecule is CCC1CCCCCN1c1c(C#N)cnc2ccccc12. The van der Waals surface area contributed by atoms with Crippen LogP contribution in [-0.4, -0.2) is 17.6 Å². The number of fused-ring (bicyclic) bond motifs is 1. The fourth-order valence-electron chi connectivity index (χ4n) is 3.41. The van der Waals surface area contributed by atoms with E-state index in [9.17, 15) is 5.26 Å². The summed E-state index contributed by atoms with van der Waals surface area (Å²) in [5.41, 5.74) is 2.77. The Morgan fingerprint density at radius 2 is 2.14 bits per heavy atom. The first-order chi connectivity index (χ1) is 10.3. The first-order valence-corrected chi connectivity index (χ1v) is 7.89. The quantitative estimate of drug-likeness (QED) is 0.824. The van der Waals surface area contributed by atoms with Gasteiger partial charge in [-0.25, -0.2) is 0 Å². The van der Waals surface area contributed by atoms with Gasteiger partial charge in [-0.3, -0.25) is 4.98 Å². The molecule has 1 saturated heterocycles. The van der Waals surface area contributed by atoms with Crippen LogP contribution in [0.15, 0.2) is 30.5 Å². The molecule has 1 aliphatic heterocycles. The highest BCUT2D eigenvalue weighted by molar-refractivity contribution is 5.94. The van der Waals surface area contributed by atoms with E-state index >= 15 is 0 Å². The van der Waals surface area contributed by atoms with Crippen molar-refractivity contribution in [3.8, 4) is 6.07 Å². The van der Waals surface area contributed by atoms with Gasteiger partial charge in [0.15, 0.2) is 0 Å². The average Bonchev–Trinajstić information content (AvgIpc) is 2.78. The lowest BCUT2D eigenvalue weighted by Gasteiger charge is -2.33. The van der Waals surface area contributed by atoms with Crippen LogP contribution in [0.4, 0.5) is 5.69 Å². The van der Waals surface area contributed by atoms with Gasteiger partial charge in [0.1, 0.15) is 6.07 Å². The molecule has 0 spiro atoms. The van der Waals surface area contributed by atoms with Crippen molar-refractivity contribution in [1.29, 1.82) is 5.26 Å². The summed E-state index contributed by atoms with van der Waals surface area (Å²) in [7, 11) is 0. The molecule has 0 N–H and O–H groups in total. The fourth-order valence-corrected chi connectivity index (χ4v) is 3.41. The van der Waals surface area contributed by atoms with Crippen molar-refractivity contribution < 1.29 is 0 Å². The third kappa shape index (κ3) is 2.58. The molecule has 3 heteroatoms. The Morgan fingerprint density at radius 3 is 2.95 bits per heavy atom. The van der Waals surface area contributed by atoms with Gasteiger partial charge >= 0.3 is 0 Å². The van der Waals surface area contributed by atoms with E-state index in [0.29, 0.717) is 11.6 Å². The van der Waals surface area contributed by atoms with Crippen LogP contribution < -0.4 is 4.90 Å². The zero-order valence-electron chi connectivity index (χ0n) is 12.5. The van der Waals surface area contributed by atoms with E-state index in [1.165, 1.54) is 25.7 Å². The van der Waals surface area contributed by atoms with Crippen molar-refractivity contribution in [2.75, 3.05) is 11.4 Å². The van der Waals surface area contributed by atoms with E-state index in [4.69, 9.17) is 0 Å². The van der Waals surface area contributed by atoms with Crippen LogP contribution in [0.1, 0.15) is 44.6 Å². The zero-order valence-corrected chi connectivity index (χ0v) is 12.5. The maximum absolute atomic E-state index is 9.52. The van der Waals surface area contributed by atoms with Crippen molar-refractivity contribution in [3.63, 3.8) is 0 Å². The third-order valence-corrected chi connectivity index (χ3v) is 4.50. The molecule has 21 heavy (non-hydrogen) atoms. The van der Waals surface area contributed by atoms with Crippen LogP contribution in [0, 0.1) is 11.3 Å². The Balaban J connectivity index is 2.18. The van der Waals surface area contributed by atoms with E-state index in [-0.39, 0.29) is 0 Å². The molecular weight excluding hydrogens is 258 g/mol. The number of hydrogen-bond acceptors (Lipinski definition) is 3. The Labute approximate surface area is 126 Å². The number of pyridine rings is 1. The first kappa shape index (κ1) is 13.9. The lowest BCUT2D eigenvalue weighted by atomic mass is 10.0. The molecule has 2 aromatic rings. The number of benzene rings is 1. The standard InChI is InChI=1S/C18H21N3/c1-2-15-8-4-3-7-11-21(15)18-14(12-19)13-20-17-10-6-5-9-16(17)18/h5-6,9-10,13,15H,2-4,7-8,11H2,1H3. The Hall–Kier alpha value is -2.08. The maximum atomic E-state index is 9.52. The minimum atomic E-state index is 0.533.